The minimum atomic E-state index is -0.860. The van der Waals surface area contributed by atoms with Gasteiger partial charge < -0.3 is 16.2 Å². The molecule has 0 spiro atoms. The highest BCUT2D eigenvalue weighted by molar-refractivity contribution is 7.98. The van der Waals surface area contributed by atoms with Crippen molar-refractivity contribution in [1.82, 2.24) is 5.32 Å². The van der Waals surface area contributed by atoms with Gasteiger partial charge in [0, 0.05) is 24.8 Å². The molecule has 0 radical (unpaired) electrons. The van der Waals surface area contributed by atoms with Crippen molar-refractivity contribution in [3.63, 3.8) is 0 Å². The normalized spacial score (nSPS) is 17.4. The molecule has 0 heterocycles. The predicted octanol–water partition coefficient (Wildman–Crippen LogP) is 0.980. The molecular weight excluding hydrogens is 236 g/mol. The monoisotopic (exact) mass is 262 g/mol. The number of amides is 1. The van der Waals surface area contributed by atoms with E-state index in [9.17, 15) is 9.90 Å². The van der Waals surface area contributed by atoms with Gasteiger partial charge in [-0.15, -0.1) is 0 Å². The summed E-state index contributed by atoms with van der Waals surface area (Å²) < 4.78 is 0. The molecule has 17 heavy (non-hydrogen) atoms. The second-order valence-electron chi connectivity index (χ2n) is 5.88. The molecule has 0 aliphatic carbocycles. The molecule has 0 saturated heterocycles. The van der Waals surface area contributed by atoms with Crippen LogP contribution in [0, 0.1) is 5.41 Å². The Morgan fingerprint density at radius 2 is 1.94 bits per heavy atom. The van der Waals surface area contributed by atoms with Gasteiger partial charge in [-0.25, -0.2) is 0 Å². The Morgan fingerprint density at radius 3 is 2.35 bits per heavy atom. The molecular formula is C12H26N2O2S. The van der Waals surface area contributed by atoms with Gasteiger partial charge in [0.25, 0.3) is 0 Å². The summed E-state index contributed by atoms with van der Waals surface area (Å²) in [6.07, 6.45) is 2.21. The van der Waals surface area contributed by atoms with Gasteiger partial charge in [0.1, 0.15) is 0 Å². The number of aliphatic hydroxyl groups is 1. The molecule has 0 fully saturated rings. The molecule has 1 amide bonds. The number of thioether (sulfide) groups is 1. The summed E-state index contributed by atoms with van der Waals surface area (Å²) in [5.74, 6) is 0.493. The zero-order valence-electron chi connectivity index (χ0n) is 11.5. The van der Waals surface area contributed by atoms with Crippen molar-refractivity contribution in [2.24, 2.45) is 11.1 Å². The maximum Gasteiger partial charge on any atom is 0.221 e. The lowest BCUT2D eigenvalue weighted by molar-refractivity contribution is -0.122. The standard InChI is InChI=1S/C12H26N2O2S/c1-11(2,3)9(13)6-10(15)14-7-12(4,16)8-17-5/h9,16H,6-8,13H2,1-5H3,(H,14,15). The van der Waals surface area contributed by atoms with Crippen LogP contribution >= 0.6 is 11.8 Å². The second kappa shape index (κ2) is 6.61. The average Bonchev–Trinajstić information content (AvgIpc) is 2.13. The molecule has 5 heteroatoms. The molecule has 2 atom stereocenters. The minimum Gasteiger partial charge on any atom is -0.387 e. The van der Waals surface area contributed by atoms with Gasteiger partial charge in [0.15, 0.2) is 0 Å². The minimum absolute atomic E-state index is 0.0842. The first-order valence-electron chi connectivity index (χ1n) is 5.82. The van der Waals surface area contributed by atoms with E-state index >= 15 is 0 Å². The number of hydrogen-bond donors (Lipinski definition) is 3. The summed E-state index contributed by atoms with van der Waals surface area (Å²) in [5, 5.41) is 12.6. The van der Waals surface area contributed by atoms with Gasteiger partial charge >= 0.3 is 0 Å². The summed E-state index contributed by atoms with van der Waals surface area (Å²) in [4.78, 5) is 11.6. The van der Waals surface area contributed by atoms with E-state index in [0.717, 1.165) is 0 Å². The molecule has 0 aliphatic heterocycles. The largest absolute Gasteiger partial charge is 0.387 e. The second-order valence-corrected chi connectivity index (χ2v) is 6.75. The van der Waals surface area contributed by atoms with Crippen LogP contribution < -0.4 is 11.1 Å². The van der Waals surface area contributed by atoms with Gasteiger partial charge in [0.05, 0.1) is 5.60 Å². The van der Waals surface area contributed by atoms with Crippen molar-refractivity contribution in [1.29, 1.82) is 0 Å². The van der Waals surface area contributed by atoms with E-state index in [2.05, 4.69) is 5.32 Å². The summed E-state index contributed by atoms with van der Waals surface area (Å²) in [6, 6.07) is -0.173. The van der Waals surface area contributed by atoms with E-state index in [1.165, 1.54) is 0 Å². The quantitative estimate of drug-likeness (QED) is 0.667. The fourth-order valence-electron chi connectivity index (χ4n) is 1.23. The highest BCUT2D eigenvalue weighted by Crippen LogP contribution is 2.19. The van der Waals surface area contributed by atoms with Crippen LogP contribution in [-0.2, 0) is 4.79 Å². The predicted molar refractivity (Wildman–Crippen MR) is 74.1 cm³/mol. The highest BCUT2D eigenvalue weighted by atomic mass is 32.2. The molecule has 0 aromatic carbocycles. The van der Waals surface area contributed by atoms with Crippen LogP contribution in [0.5, 0.6) is 0 Å². The van der Waals surface area contributed by atoms with Crippen LogP contribution in [0.1, 0.15) is 34.1 Å². The van der Waals surface area contributed by atoms with Gasteiger partial charge in [0.2, 0.25) is 5.91 Å². The summed E-state index contributed by atoms with van der Waals surface area (Å²) in [7, 11) is 0. The third-order valence-electron chi connectivity index (χ3n) is 2.64. The molecule has 0 aromatic rings. The Labute approximate surface area is 109 Å². The van der Waals surface area contributed by atoms with Crippen molar-refractivity contribution in [3.8, 4) is 0 Å². The van der Waals surface area contributed by atoms with Crippen LogP contribution in [0.15, 0.2) is 0 Å². The number of nitrogens with two attached hydrogens (primary N) is 1. The van der Waals surface area contributed by atoms with Crippen LogP contribution in [0.3, 0.4) is 0 Å². The van der Waals surface area contributed by atoms with E-state index in [1.54, 1.807) is 18.7 Å². The Balaban J connectivity index is 4.04. The fraction of sp³-hybridized carbons (Fsp3) is 0.917. The number of nitrogens with one attached hydrogen (secondary N) is 1. The summed E-state index contributed by atoms with van der Waals surface area (Å²) >= 11 is 1.55. The Morgan fingerprint density at radius 1 is 1.41 bits per heavy atom. The van der Waals surface area contributed by atoms with E-state index in [1.807, 2.05) is 27.0 Å². The van der Waals surface area contributed by atoms with Gasteiger partial charge in [-0.1, -0.05) is 20.8 Å². The van der Waals surface area contributed by atoms with Crippen molar-refractivity contribution in [3.05, 3.63) is 0 Å². The van der Waals surface area contributed by atoms with Gasteiger partial charge in [-0.3, -0.25) is 4.79 Å². The van der Waals surface area contributed by atoms with Crippen molar-refractivity contribution in [2.75, 3.05) is 18.6 Å². The molecule has 4 N–H and O–H groups in total. The first-order chi connectivity index (χ1) is 7.58. The summed E-state index contributed by atoms with van der Waals surface area (Å²) in [5.41, 5.74) is 4.98. The van der Waals surface area contributed by atoms with Crippen LogP contribution in [0.2, 0.25) is 0 Å². The molecule has 2 unspecified atom stereocenters. The van der Waals surface area contributed by atoms with E-state index in [0.29, 0.717) is 12.2 Å². The van der Waals surface area contributed by atoms with Crippen LogP contribution in [0.4, 0.5) is 0 Å². The molecule has 4 nitrogen and oxygen atoms in total. The molecule has 0 rings (SSSR count). The average molecular weight is 262 g/mol. The van der Waals surface area contributed by atoms with Gasteiger partial charge in [-0.2, -0.15) is 11.8 Å². The fourth-order valence-corrected chi connectivity index (χ4v) is 1.95. The number of carbonyl (C=O) groups excluding carboxylic acids is 1. The molecule has 0 aliphatic rings. The molecule has 102 valence electrons. The topological polar surface area (TPSA) is 75.3 Å². The lowest BCUT2D eigenvalue weighted by Gasteiger charge is -2.27. The number of hydrogen-bond acceptors (Lipinski definition) is 4. The molecule has 0 aromatic heterocycles. The lowest BCUT2D eigenvalue weighted by atomic mass is 9.85. The number of rotatable bonds is 6. The maximum absolute atomic E-state index is 11.6. The SMILES string of the molecule is CSCC(C)(O)CNC(=O)CC(N)C(C)(C)C. The maximum atomic E-state index is 11.6. The zero-order chi connectivity index (χ0) is 13.7. The number of carbonyl (C=O) groups is 1. The highest BCUT2D eigenvalue weighted by Gasteiger charge is 2.25. The van der Waals surface area contributed by atoms with E-state index < -0.39 is 5.60 Å². The third kappa shape index (κ3) is 7.63. The van der Waals surface area contributed by atoms with E-state index in [-0.39, 0.29) is 23.9 Å². The first kappa shape index (κ1) is 16.7. The Kier molecular flexibility index (Phi) is 6.51. The van der Waals surface area contributed by atoms with Gasteiger partial charge in [-0.05, 0) is 18.6 Å². The van der Waals surface area contributed by atoms with Crippen LogP contribution in [0.25, 0.3) is 0 Å². The van der Waals surface area contributed by atoms with Crippen molar-refractivity contribution >= 4 is 17.7 Å². The van der Waals surface area contributed by atoms with Crippen molar-refractivity contribution < 1.29 is 9.90 Å². The zero-order valence-corrected chi connectivity index (χ0v) is 12.4. The Hall–Kier alpha value is -0.260. The van der Waals surface area contributed by atoms with Crippen molar-refractivity contribution in [2.45, 2.75) is 45.8 Å². The molecule has 0 saturated carbocycles. The van der Waals surface area contributed by atoms with E-state index in [4.69, 9.17) is 5.73 Å². The van der Waals surface area contributed by atoms with Crippen LogP contribution in [-0.4, -0.2) is 41.2 Å². The Bertz CT molecular complexity index is 249. The smallest absolute Gasteiger partial charge is 0.221 e. The summed E-state index contributed by atoms with van der Waals surface area (Å²) in [6.45, 7) is 8.01. The lowest BCUT2D eigenvalue weighted by Crippen LogP contribution is -2.45. The third-order valence-corrected chi connectivity index (χ3v) is 3.55. The first-order valence-corrected chi connectivity index (χ1v) is 7.21. The molecule has 0 bridgehead atoms.